The van der Waals surface area contributed by atoms with Crippen molar-refractivity contribution < 1.29 is 13.2 Å². The predicted molar refractivity (Wildman–Crippen MR) is 55.0 cm³/mol. The fourth-order valence-corrected chi connectivity index (χ4v) is 1.85. The quantitative estimate of drug-likeness (QED) is 0.578. The number of nitrogens with zero attached hydrogens (tertiary/aromatic N) is 1. The summed E-state index contributed by atoms with van der Waals surface area (Å²) in [6.07, 6.45) is -1.12. The summed E-state index contributed by atoms with van der Waals surface area (Å²) in [4.78, 5) is 3.83. The van der Waals surface area contributed by atoms with E-state index in [1.807, 2.05) is 0 Å². The molecule has 16 heavy (non-hydrogen) atoms. The van der Waals surface area contributed by atoms with Crippen molar-refractivity contribution in [3.05, 3.63) is 0 Å². The number of hydrogen-bond acceptors (Lipinski definition) is 1. The fraction of sp³-hybridized carbons (Fsp3) is 0.900. The molecule has 0 heterocycles. The molecule has 92 valence electrons. The van der Waals surface area contributed by atoms with Gasteiger partial charge in [-0.3, -0.25) is 4.99 Å². The molecule has 0 saturated heterocycles. The van der Waals surface area contributed by atoms with Gasteiger partial charge < -0.3 is 11.1 Å². The van der Waals surface area contributed by atoms with E-state index in [9.17, 15) is 13.2 Å². The van der Waals surface area contributed by atoms with Gasteiger partial charge in [-0.2, -0.15) is 13.2 Å². The summed E-state index contributed by atoms with van der Waals surface area (Å²) in [7, 11) is 0. The highest BCUT2D eigenvalue weighted by atomic mass is 19.4. The summed E-state index contributed by atoms with van der Waals surface area (Å²) in [5.41, 5.74) is 3.91. The summed E-state index contributed by atoms with van der Waals surface area (Å²) in [6, 6.07) is 0.326. The first kappa shape index (κ1) is 11.5. The van der Waals surface area contributed by atoms with Gasteiger partial charge in [0.15, 0.2) is 5.96 Å². The average molecular weight is 235 g/mol. The number of guanidine groups is 1. The first-order chi connectivity index (χ1) is 7.43. The zero-order valence-electron chi connectivity index (χ0n) is 8.98. The molecule has 0 aromatic rings. The predicted octanol–water partition coefficient (Wildman–Crippen LogP) is 1.79. The highest BCUT2D eigenvalue weighted by Crippen LogP contribution is 2.53. The normalized spacial score (nSPS) is 25.1. The third kappa shape index (κ3) is 2.25. The SMILES string of the molecule is NC(=NCC1(C(F)(F)F)CCC1)NC1CC1. The summed E-state index contributed by atoms with van der Waals surface area (Å²) >= 11 is 0. The van der Waals surface area contributed by atoms with Crippen molar-refractivity contribution in [2.75, 3.05) is 6.54 Å². The fourth-order valence-electron chi connectivity index (χ4n) is 1.85. The van der Waals surface area contributed by atoms with E-state index in [1.165, 1.54) is 0 Å². The van der Waals surface area contributed by atoms with Crippen molar-refractivity contribution in [1.29, 1.82) is 0 Å². The number of hydrogen-bond donors (Lipinski definition) is 2. The molecule has 2 aliphatic rings. The summed E-state index contributed by atoms with van der Waals surface area (Å²) in [6.45, 7) is -0.234. The number of rotatable bonds is 3. The van der Waals surface area contributed by atoms with Gasteiger partial charge >= 0.3 is 6.18 Å². The molecule has 0 aliphatic heterocycles. The molecule has 2 saturated carbocycles. The van der Waals surface area contributed by atoms with E-state index >= 15 is 0 Å². The van der Waals surface area contributed by atoms with Crippen molar-refractivity contribution >= 4 is 5.96 Å². The molecule has 0 unspecified atom stereocenters. The molecule has 0 aromatic carbocycles. The van der Waals surface area contributed by atoms with Gasteiger partial charge in [0.05, 0.1) is 12.0 Å². The third-order valence-electron chi connectivity index (χ3n) is 3.39. The van der Waals surface area contributed by atoms with E-state index in [2.05, 4.69) is 10.3 Å². The maximum atomic E-state index is 12.8. The molecule has 3 nitrogen and oxygen atoms in total. The maximum absolute atomic E-state index is 12.8. The molecule has 0 atom stereocenters. The molecule has 2 fully saturated rings. The maximum Gasteiger partial charge on any atom is 0.396 e. The van der Waals surface area contributed by atoms with E-state index < -0.39 is 11.6 Å². The van der Waals surface area contributed by atoms with Gasteiger partial charge in [-0.1, -0.05) is 6.42 Å². The molecule has 2 rings (SSSR count). The van der Waals surface area contributed by atoms with Gasteiger partial charge in [0, 0.05) is 6.04 Å². The Morgan fingerprint density at radius 3 is 2.38 bits per heavy atom. The van der Waals surface area contributed by atoms with Crippen LogP contribution in [0.5, 0.6) is 0 Å². The van der Waals surface area contributed by atoms with E-state index in [0.717, 1.165) is 12.8 Å². The van der Waals surface area contributed by atoms with Crippen molar-refractivity contribution in [1.82, 2.24) is 5.32 Å². The van der Waals surface area contributed by atoms with E-state index in [4.69, 9.17) is 5.73 Å². The monoisotopic (exact) mass is 235 g/mol. The second kappa shape index (κ2) is 3.82. The zero-order valence-corrected chi connectivity index (χ0v) is 8.98. The van der Waals surface area contributed by atoms with Gasteiger partial charge in [-0.15, -0.1) is 0 Å². The van der Waals surface area contributed by atoms with Crippen LogP contribution in [0.4, 0.5) is 13.2 Å². The average Bonchev–Trinajstić information content (AvgIpc) is 2.83. The molecular weight excluding hydrogens is 219 g/mol. The highest BCUT2D eigenvalue weighted by Gasteiger charge is 2.58. The molecule has 0 radical (unpaired) electrons. The van der Waals surface area contributed by atoms with Gasteiger partial charge in [-0.25, -0.2) is 0 Å². The molecule has 2 aliphatic carbocycles. The Bertz CT molecular complexity index is 290. The molecule has 0 spiro atoms. The van der Waals surface area contributed by atoms with Crippen molar-refractivity contribution in [3.63, 3.8) is 0 Å². The first-order valence-corrected chi connectivity index (χ1v) is 5.56. The highest BCUT2D eigenvalue weighted by molar-refractivity contribution is 5.78. The number of halogens is 3. The lowest BCUT2D eigenvalue weighted by Gasteiger charge is -2.41. The Kier molecular flexibility index (Phi) is 2.75. The lowest BCUT2D eigenvalue weighted by Crippen LogP contribution is -2.47. The number of alkyl halides is 3. The first-order valence-electron chi connectivity index (χ1n) is 5.56. The van der Waals surface area contributed by atoms with Crippen LogP contribution in [-0.4, -0.2) is 24.7 Å². The minimum Gasteiger partial charge on any atom is -0.370 e. The number of nitrogens with one attached hydrogen (secondary N) is 1. The Labute approximate surface area is 92.3 Å². The van der Waals surface area contributed by atoms with Crippen LogP contribution in [0.3, 0.4) is 0 Å². The summed E-state index contributed by atoms with van der Waals surface area (Å²) in [5.74, 6) is 0.151. The molecule has 0 amide bonds. The van der Waals surface area contributed by atoms with Crippen LogP contribution in [0.1, 0.15) is 32.1 Å². The molecule has 3 N–H and O–H groups in total. The number of aliphatic imine (C=N–C) groups is 1. The van der Waals surface area contributed by atoms with E-state index in [0.29, 0.717) is 12.5 Å². The Morgan fingerprint density at radius 1 is 1.38 bits per heavy atom. The van der Waals surface area contributed by atoms with Crippen molar-refractivity contribution in [3.8, 4) is 0 Å². The Hall–Kier alpha value is -0.940. The van der Waals surface area contributed by atoms with Crippen LogP contribution in [0, 0.1) is 5.41 Å². The lowest BCUT2D eigenvalue weighted by atomic mass is 9.68. The van der Waals surface area contributed by atoms with Crippen LogP contribution >= 0.6 is 0 Å². The topological polar surface area (TPSA) is 50.4 Å². The van der Waals surface area contributed by atoms with Crippen LogP contribution in [0.15, 0.2) is 4.99 Å². The van der Waals surface area contributed by atoms with Crippen LogP contribution in [0.2, 0.25) is 0 Å². The molecular formula is C10H16F3N3. The largest absolute Gasteiger partial charge is 0.396 e. The Balaban J connectivity index is 1.91. The number of nitrogens with two attached hydrogens (primary N) is 1. The minimum absolute atomic E-state index is 0.151. The summed E-state index contributed by atoms with van der Waals surface area (Å²) < 4.78 is 38.3. The second-order valence-corrected chi connectivity index (χ2v) is 4.75. The molecule has 0 aromatic heterocycles. The van der Waals surface area contributed by atoms with Crippen LogP contribution in [0.25, 0.3) is 0 Å². The van der Waals surface area contributed by atoms with Crippen molar-refractivity contribution in [2.45, 2.75) is 44.3 Å². The summed E-state index contributed by atoms with van der Waals surface area (Å²) in [5, 5.41) is 2.89. The van der Waals surface area contributed by atoms with Gasteiger partial charge in [0.25, 0.3) is 0 Å². The zero-order chi connectivity index (χ0) is 11.8. The molecule has 6 heteroatoms. The standard InChI is InChI=1S/C10H16F3N3/c11-10(12,13)9(4-1-5-9)6-15-8(14)16-7-2-3-7/h7H,1-6H2,(H3,14,15,16). The van der Waals surface area contributed by atoms with Gasteiger partial charge in [-0.05, 0) is 25.7 Å². The smallest absolute Gasteiger partial charge is 0.370 e. The lowest BCUT2D eigenvalue weighted by molar-refractivity contribution is -0.245. The van der Waals surface area contributed by atoms with E-state index in [-0.39, 0.29) is 25.3 Å². The Morgan fingerprint density at radius 2 is 2.00 bits per heavy atom. The molecule has 0 bridgehead atoms. The second-order valence-electron chi connectivity index (χ2n) is 4.75. The van der Waals surface area contributed by atoms with Crippen LogP contribution < -0.4 is 11.1 Å². The van der Waals surface area contributed by atoms with Gasteiger partial charge in [0.2, 0.25) is 0 Å². The van der Waals surface area contributed by atoms with E-state index in [1.54, 1.807) is 0 Å². The van der Waals surface area contributed by atoms with Gasteiger partial charge in [0.1, 0.15) is 0 Å². The van der Waals surface area contributed by atoms with Crippen LogP contribution in [-0.2, 0) is 0 Å². The minimum atomic E-state index is -4.16. The third-order valence-corrected chi connectivity index (χ3v) is 3.39. The van der Waals surface area contributed by atoms with Crippen molar-refractivity contribution in [2.24, 2.45) is 16.1 Å².